The van der Waals surface area contributed by atoms with E-state index in [-0.39, 0.29) is 0 Å². The molecule has 0 saturated heterocycles. The van der Waals surface area contributed by atoms with E-state index in [0.717, 1.165) is 0 Å². The highest BCUT2D eigenvalue weighted by Crippen LogP contribution is 2.32. The van der Waals surface area contributed by atoms with Crippen LogP contribution in [-0.4, -0.2) is 22.3 Å². The lowest BCUT2D eigenvalue weighted by atomic mass is 9.78. The largest absolute Gasteiger partial charge is 0.481 e. The Labute approximate surface area is 73.4 Å². The molecular weight excluding hydrogens is 156 g/mol. The zero-order valence-electron chi connectivity index (χ0n) is 8.00. The van der Waals surface area contributed by atoms with Gasteiger partial charge in [-0.25, -0.2) is 0 Å². The number of aliphatic carboxylic acids is 1. The van der Waals surface area contributed by atoms with Gasteiger partial charge >= 0.3 is 5.97 Å². The molecule has 0 aliphatic heterocycles. The van der Waals surface area contributed by atoms with Gasteiger partial charge in [0.1, 0.15) is 0 Å². The summed E-state index contributed by atoms with van der Waals surface area (Å²) in [5, 5.41) is 18.1. The number of carbonyl (C=O) groups is 1. The minimum atomic E-state index is -0.798. The maximum Gasteiger partial charge on any atom is 0.309 e. The van der Waals surface area contributed by atoms with E-state index in [1.54, 1.807) is 6.92 Å². The molecule has 0 aromatic carbocycles. The molecule has 2 N–H and O–H groups in total. The molecule has 72 valence electrons. The van der Waals surface area contributed by atoms with E-state index in [4.69, 9.17) is 10.2 Å². The van der Waals surface area contributed by atoms with Crippen LogP contribution < -0.4 is 0 Å². The Balaban J connectivity index is 4.46. The fraction of sp³-hybridized carbons (Fsp3) is 0.889. The van der Waals surface area contributed by atoms with E-state index in [1.165, 1.54) is 0 Å². The molecular formula is C9H18O3. The molecule has 0 spiro atoms. The highest BCUT2D eigenvalue weighted by atomic mass is 16.4. The Morgan fingerprint density at radius 1 is 1.42 bits per heavy atom. The Morgan fingerprint density at radius 2 is 1.83 bits per heavy atom. The monoisotopic (exact) mass is 174 g/mol. The van der Waals surface area contributed by atoms with Crippen LogP contribution in [0.3, 0.4) is 0 Å². The van der Waals surface area contributed by atoms with Gasteiger partial charge in [-0.3, -0.25) is 4.79 Å². The average Bonchev–Trinajstić information content (AvgIpc) is 1.99. The fourth-order valence-electron chi connectivity index (χ4n) is 1.49. The molecule has 12 heavy (non-hydrogen) atoms. The minimum Gasteiger partial charge on any atom is -0.481 e. The van der Waals surface area contributed by atoms with Crippen LogP contribution in [0.4, 0.5) is 0 Å². The fourth-order valence-corrected chi connectivity index (χ4v) is 1.49. The van der Waals surface area contributed by atoms with Crippen LogP contribution in [0, 0.1) is 5.41 Å². The van der Waals surface area contributed by atoms with Gasteiger partial charge in [-0.05, 0) is 26.2 Å². The van der Waals surface area contributed by atoms with Crippen LogP contribution in [0.25, 0.3) is 0 Å². The molecule has 0 aliphatic carbocycles. The highest BCUT2D eigenvalue weighted by Gasteiger charge is 2.35. The van der Waals surface area contributed by atoms with Crippen LogP contribution in [0.1, 0.15) is 40.0 Å². The SMILES string of the molecule is CCC(CC)(CC(C)O)C(=O)O. The van der Waals surface area contributed by atoms with E-state index in [1.807, 2.05) is 13.8 Å². The lowest BCUT2D eigenvalue weighted by Crippen LogP contribution is -2.32. The van der Waals surface area contributed by atoms with Crippen LogP contribution in [0.5, 0.6) is 0 Å². The molecule has 0 bridgehead atoms. The van der Waals surface area contributed by atoms with Crippen molar-refractivity contribution in [1.29, 1.82) is 0 Å². The predicted octanol–water partition coefficient (Wildman–Crippen LogP) is 1.65. The number of hydrogen-bond donors (Lipinski definition) is 2. The van der Waals surface area contributed by atoms with Gasteiger partial charge < -0.3 is 10.2 Å². The van der Waals surface area contributed by atoms with Gasteiger partial charge in [0.05, 0.1) is 11.5 Å². The first-order valence-corrected chi connectivity index (χ1v) is 4.40. The Morgan fingerprint density at radius 3 is 1.92 bits per heavy atom. The topological polar surface area (TPSA) is 57.5 Å². The maximum absolute atomic E-state index is 10.9. The third-order valence-electron chi connectivity index (χ3n) is 2.49. The third kappa shape index (κ3) is 2.48. The lowest BCUT2D eigenvalue weighted by Gasteiger charge is -2.27. The summed E-state index contributed by atoms with van der Waals surface area (Å²) in [6.45, 7) is 5.32. The second-order valence-corrected chi connectivity index (χ2v) is 3.35. The van der Waals surface area contributed by atoms with E-state index < -0.39 is 17.5 Å². The predicted molar refractivity (Wildman–Crippen MR) is 46.9 cm³/mol. The number of carboxylic acid groups (broad SMARTS) is 1. The first kappa shape index (κ1) is 11.4. The average molecular weight is 174 g/mol. The molecule has 0 aliphatic rings. The number of aliphatic hydroxyl groups excluding tert-OH is 1. The summed E-state index contributed by atoms with van der Waals surface area (Å²) in [7, 11) is 0. The second-order valence-electron chi connectivity index (χ2n) is 3.35. The zero-order chi connectivity index (χ0) is 9.78. The number of hydrogen-bond acceptors (Lipinski definition) is 2. The Hall–Kier alpha value is -0.570. The lowest BCUT2D eigenvalue weighted by molar-refractivity contribution is -0.151. The van der Waals surface area contributed by atoms with Crippen LogP contribution in [0.2, 0.25) is 0 Å². The molecule has 1 atom stereocenters. The summed E-state index contributed by atoms with van der Waals surface area (Å²) in [5.41, 5.74) is -0.728. The van der Waals surface area contributed by atoms with Crippen molar-refractivity contribution in [2.75, 3.05) is 0 Å². The standard InChI is InChI=1S/C9H18O3/c1-4-9(5-2,8(11)12)6-7(3)10/h7,10H,4-6H2,1-3H3,(H,11,12). The van der Waals surface area contributed by atoms with Crippen molar-refractivity contribution in [2.24, 2.45) is 5.41 Å². The molecule has 0 saturated carbocycles. The molecule has 0 amide bonds. The first-order chi connectivity index (χ1) is 5.48. The molecule has 0 aromatic rings. The van der Waals surface area contributed by atoms with Crippen LogP contribution >= 0.6 is 0 Å². The van der Waals surface area contributed by atoms with Crippen molar-refractivity contribution in [3.8, 4) is 0 Å². The van der Waals surface area contributed by atoms with Gasteiger partial charge in [-0.2, -0.15) is 0 Å². The quantitative estimate of drug-likeness (QED) is 0.666. The second kappa shape index (κ2) is 4.45. The smallest absolute Gasteiger partial charge is 0.309 e. The molecule has 0 fully saturated rings. The summed E-state index contributed by atoms with van der Waals surface area (Å²) < 4.78 is 0. The van der Waals surface area contributed by atoms with Crippen molar-refractivity contribution in [1.82, 2.24) is 0 Å². The molecule has 3 heteroatoms. The van der Waals surface area contributed by atoms with Gasteiger partial charge in [0.25, 0.3) is 0 Å². The number of aliphatic hydroxyl groups is 1. The molecule has 0 aromatic heterocycles. The van der Waals surface area contributed by atoms with Gasteiger partial charge in [-0.1, -0.05) is 13.8 Å². The van der Waals surface area contributed by atoms with Gasteiger partial charge in [0, 0.05) is 0 Å². The van der Waals surface area contributed by atoms with E-state index in [0.29, 0.717) is 19.3 Å². The molecule has 0 heterocycles. The minimum absolute atomic E-state index is 0.343. The normalized spacial score (nSPS) is 14.3. The summed E-state index contributed by atoms with van der Waals surface area (Å²) in [6, 6.07) is 0. The summed E-state index contributed by atoms with van der Waals surface area (Å²) >= 11 is 0. The van der Waals surface area contributed by atoms with Crippen LogP contribution in [-0.2, 0) is 4.79 Å². The maximum atomic E-state index is 10.9. The summed E-state index contributed by atoms with van der Waals surface area (Å²) in [4.78, 5) is 10.9. The van der Waals surface area contributed by atoms with Crippen molar-refractivity contribution < 1.29 is 15.0 Å². The first-order valence-electron chi connectivity index (χ1n) is 4.40. The van der Waals surface area contributed by atoms with Crippen molar-refractivity contribution in [3.05, 3.63) is 0 Å². The number of carboxylic acids is 1. The van der Waals surface area contributed by atoms with Gasteiger partial charge in [-0.15, -0.1) is 0 Å². The number of rotatable bonds is 5. The molecule has 3 nitrogen and oxygen atoms in total. The molecule has 0 rings (SSSR count). The zero-order valence-corrected chi connectivity index (χ0v) is 8.00. The molecule has 0 radical (unpaired) electrons. The van der Waals surface area contributed by atoms with Crippen LogP contribution in [0.15, 0.2) is 0 Å². The van der Waals surface area contributed by atoms with E-state index in [9.17, 15) is 4.79 Å². The Kier molecular flexibility index (Phi) is 4.24. The summed E-state index contributed by atoms with van der Waals surface area (Å²) in [5.74, 6) is -0.798. The van der Waals surface area contributed by atoms with Crippen molar-refractivity contribution >= 4 is 5.97 Å². The third-order valence-corrected chi connectivity index (χ3v) is 2.49. The Bertz CT molecular complexity index is 148. The summed E-state index contributed by atoms with van der Waals surface area (Å²) in [6.07, 6.45) is 0.948. The van der Waals surface area contributed by atoms with E-state index in [2.05, 4.69) is 0 Å². The van der Waals surface area contributed by atoms with Gasteiger partial charge in [0.2, 0.25) is 0 Å². The van der Waals surface area contributed by atoms with Gasteiger partial charge in [0.15, 0.2) is 0 Å². The molecule has 1 unspecified atom stereocenters. The highest BCUT2D eigenvalue weighted by molar-refractivity contribution is 5.74. The van der Waals surface area contributed by atoms with Crippen molar-refractivity contribution in [3.63, 3.8) is 0 Å². The van der Waals surface area contributed by atoms with Crippen molar-refractivity contribution in [2.45, 2.75) is 46.1 Å². The van der Waals surface area contributed by atoms with E-state index >= 15 is 0 Å².